The molecule has 24 heavy (non-hydrogen) atoms. The molecule has 0 aromatic carbocycles. The Bertz CT molecular complexity index is 671. The Hall–Kier alpha value is -1.58. The molecular formula is C15H23FN2O5S. The molecule has 1 rings (SSSR count). The molecule has 0 amide bonds. The van der Waals surface area contributed by atoms with E-state index in [1.165, 1.54) is 25.4 Å². The largest absolute Gasteiger partial charge is 0.451 e. The van der Waals surface area contributed by atoms with Crippen LogP contribution in [0.4, 0.5) is 4.39 Å². The van der Waals surface area contributed by atoms with Crippen molar-refractivity contribution in [2.75, 3.05) is 13.7 Å². The van der Waals surface area contributed by atoms with E-state index in [4.69, 9.17) is 4.74 Å². The first-order valence-electron chi connectivity index (χ1n) is 7.29. The van der Waals surface area contributed by atoms with Gasteiger partial charge in [-0.1, -0.05) is 0 Å². The van der Waals surface area contributed by atoms with Crippen LogP contribution in [-0.2, 0) is 24.3 Å². The smallest absolute Gasteiger partial charge is 0.332 e. The number of esters is 1. The molecule has 0 aliphatic carbocycles. The topological polar surface area (TPSA) is 94.6 Å². The molecule has 2 atom stereocenters. The predicted octanol–water partition coefficient (Wildman–Crippen LogP) is 1.75. The SMILES string of the molecule is COCC(=O)OC(c1ncccc1S(=O)(=O)NC(C)(C)C)C(C)F. The lowest BCUT2D eigenvalue weighted by Gasteiger charge is -2.24. The quantitative estimate of drug-likeness (QED) is 0.743. The first-order valence-corrected chi connectivity index (χ1v) is 8.77. The van der Waals surface area contributed by atoms with Crippen molar-refractivity contribution in [2.45, 2.75) is 50.4 Å². The van der Waals surface area contributed by atoms with Crippen molar-refractivity contribution >= 4 is 16.0 Å². The minimum atomic E-state index is -3.98. The molecule has 0 aliphatic heterocycles. The van der Waals surface area contributed by atoms with Crippen molar-refractivity contribution in [3.63, 3.8) is 0 Å². The van der Waals surface area contributed by atoms with Gasteiger partial charge < -0.3 is 9.47 Å². The normalized spacial score (nSPS) is 14.9. The Morgan fingerprint density at radius 1 is 1.42 bits per heavy atom. The molecule has 2 unspecified atom stereocenters. The van der Waals surface area contributed by atoms with Gasteiger partial charge in [-0.25, -0.2) is 22.3 Å². The summed E-state index contributed by atoms with van der Waals surface area (Å²) >= 11 is 0. The van der Waals surface area contributed by atoms with Gasteiger partial charge in [-0.05, 0) is 39.8 Å². The monoisotopic (exact) mass is 362 g/mol. The van der Waals surface area contributed by atoms with Gasteiger partial charge in [0, 0.05) is 18.8 Å². The number of ether oxygens (including phenoxy) is 2. The summed E-state index contributed by atoms with van der Waals surface area (Å²) in [6.07, 6.45) is -1.81. The van der Waals surface area contributed by atoms with Crippen LogP contribution in [0.2, 0.25) is 0 Å². The molecule has 0 bridgehead atoms. The number of sulfonamides is 1. The van der Waals surface area contributed by atoms with Gasteiger partial charge in [0.05, 0.1) is 0 Å². The number of halogens is 1. The zero-order chi connectivity index (χ0) is 18.5. The van der Waals surface area contributed by atoms with Crippen molar-refractivity contribution in [2.24, 2.45) is 0 Å². The molecule has 0 radical (unpaired) electrons. The second kappa shape index (κ2) is 8.00. The van der Waals surface area contributed by atoms with E-state index >= 15 is 0 Å². The maximum Gasteiger partial charge on any atom is 0.332 e. The summed E-state index contributed by atoms with van der Waals surface area (Å²) in [5.41, 5.74) is -0.913. The van der Waals surface area contributed by atoms with E-state index in [2.05, 4.69) is 14.4 Å². The number of carbonyl (C=O) groups excluding carboxylic acids is 1. The molecule has 1 heterocycles. The number of alkyl halides is 1. The third-order valence-electron chi connectivity index (χ3n) is 2.74. The summed E-state index contributed by atoms with van der Waals surface area (Å²) in [5.74, 6) is -0.815. The number of hydrogen-bond donors (Lipinski definition) is 1. The number of nitrogens with one attached hydrogen (secondary N) is 1. The predicted molar refractivity (Wildman–Crippen MR) is 85.6 cm³/mol. The first kappa shape index (κ1) is 20.5. The molecule has 0 saturated heterocycles. The zero-order valence-electron chi connectivity index (χ0n) is 14.4. The Morgan fingerprint density at radius 3 is 2.54 bits per heavy atom. The maximum atomic E-state index is 14.0. The molecule has 1 N–H and O–H groups in total. The van der Waals surface area contributed by atoms with Gasteiger partial charge in [-0.3, -0.25) is 4.98 Å². The molecule has 136 valence electrons. The standard InChI is InChI=1S/C15H23FN2O5S/c1-10(16)14(23-12(19)9-22-5)13-11(7-6-8-17-13)24(20,21)18-15(2,3)4/h6-8,10,14,18H,9H2,1-5H3. The van der Waals surface area contributed by atoms with Crippen LogP contribution in [-0.4, -0.2) is 44.8 Å². The molecule has 0 aliphatic rings. The van der Waals surface area contributed by atoms with Crippen molar-refractivity contribution < 1.29 is 27.1 Å². The lowest BCUT2D eigenvalue weighted by Crippen LogP contribution is -2.41. The number of aromatic nitrogens is 1. The summed E-state index contributed by atoms with van der Waals surface area (Å²) < 4.78 is 51.2. The lowest BCUT2D eigenvalue weighted by atomic mass is 10.1. The Labute approximate surface area is 141 Å². The van der Waals surface area contributed by atoms with Crippen LogP contribution in [0.1, 0.15) is 39.5 Å². The van der Waals surface area contributed by atoms with E-state index in [-0.39, 0.29) is 17.2 Å². The van der Waals surface area contributed by atoms with Crippen LogP contribution in [0.3, 0.4) is 0 Å². The van der Waals surface area contributed by atoms with E-state index in [1.807, 2.05) is 0 Å². The molecule has 1 aromatic heterocycles. The van der Waals surface area contributed by atoms with Crippen molar-refractivity contribution in [3.8, 4) is 0 Å². The fraction of sp³-hybridized carbons (Fsp3) is 0.600. The van der Waals surface area contributed by atoms with E-state index in [9.17, 15) is 17.6 Å². The van der Waals surface area contributed by atoms with Crippen molar-refractivity contribution in [3.05, 3.63) is 24.0 Å². The second-order valence-corrected chi connectivity index (χ2v) is 7.91. The Morgan fingerprint density at radius 2 is 2.04 bits per heavy atom. The van der Waals surface area contributed by atoms with Gasteiger partial charge in [-0.15, -0.1) is 0 Å². The van der Waals surface area contributed by atoms with Gasteiger partial charge >= 0.3 is 5.97 Å². The van der Waals surface area contributed by atoms with E-state index in [1.54, 1.807) is 20.8 Å². The van der Waals surface area contributed by atoms with E-state index in [0.29, 0.717) is 0 Å². The number of nitrogens with zero attached hydrogens (tertiary/aromatic N) is 1. The van der Waals surface area contributed by atoms with Crippen LogP contribution < -0.4 is 4.72 Å². The molecule has 9 heteroatoms. The average Bonchev–Trinajstić information content (AvgIpc) is 2.42. The van der Waals surface area contributed by atoms with Gasteiger partial charge in [0.15, 0.2) is 6.10 Å². The van der Waals surface area contributed by atoms with Gasteiger partial charge in [-0.2, -0.15) is 0 Å². The lowest BCUT2D eigenvalue weighted by molar-refractivity contribution is -0.157. The van der Waals surface area contributed by atoms with Gasteiger partial charge in [0.1, 0.15) is 23.4 Å². The molecule has 0 saturated carbocycles. The number of methoxy groups -OCH3 is 1. The summed E-state index contributed by atoms with van der Waals surface area (Å²) in [6.45, 7) is 5.81. The third kappa shape index (κ3) is 5.81. The van der Waals surface area contributed by atoms with E-state index < -0.39 is 33.8 Å². The highest BCUT2D eigenvalue weighted by Crippen LogP contribution is 2.28. The number of pyridine rings is 1. The van der Waals surface area contributed by atoms with Crippen LogP contribution in [0.25, 0.3) is 0 Å². The number of carbonyl (C=O) groups is 1. The number of hydrogen-bond acceptors (Lipinski definition) is 6. The minimum absolute atomic E-state index is 0.172. The van der Waals surface area contributed by atoms with Crippen molar-refractivity contribution in [1.29, 1.82) is 0 Å². The summed E-state index contributed by atoms with van der Waals surface area (Å²) in [6, 6.07) is 2.70. The summed E-state index contributed by atoms with van der Waals surface area (Å²) in [4.78, 5) is 15.3. The van der Waals surface area contributed by atoms with Crippen molar-refractivity contribution in [1.82, 2.24) is 9.71 Å². The second-order valence-electron chi connectivity index (χ2n) is 6.26. The van der Waals surface area contributed by atoms with Crippen LogP contribution in [0.15, 0.2) is 23.2 Å². The average molecular weight is 362 g/mol. The molecule has 1 aromatic rings. The van der Waals surface area contributed by atoms with Gasteiger partial charge in [0.2, 0.25) is 10.0 Å². The highest BCUT2D eigenvalue weighted by Gasteiger charge is 2.33. The van der Waals surface area contributed by atoms with Crippen LogP contribution >= 0.6 is 0 Å². The highest BCUT2D eigenvalue weighted by atomic mass is 32.2. The van der Waals surface area contributed by atoms with Crippen LogP contribution in [0, 0.1) is 0 Å². The van der Waals surface area contributed by atoms with Crippen LogP contribution in [0.5, 0.6) is 0 Å². The summed E-state index contributed by atoms with van der Waals surface area (Å²) in [5, 5.41) is 0. The fourth-order valence-corrected chi connectivity index (χ4v) is 3.58. The highest BCUT2D eigenvalue weighted by molar-refractivity contribution is 7.89. The van der Waals surface area contributed by atoms with E-state index in [0.717, 1.165) is 6.92 Å². The molecule has 0 spiro atoms. The Kier molecular flexibility index (Phi) is 6.82. The van der Waals surface area contributed by atoms with Gasteiger partial charge in [0.25, 0.3) is 0 Å². The molecule has 0 fully saturated rings. The molecular weight excluding hydrogens is 339 g/mol. The summed E-state index contributed by atoms with van der Waals surface area (Å²) in [7, 11) is -2.69. The zero-order valence-corrected chi connectivity index (χ0v) is 15.2. The third-order valence-corrected chi connectivity index (χ3v) is 4.54. The maximum absolute atomic E-state index is 14.0. The number of rotatable bonds is 7. The molecule has 7 nitrogen and oxygen atoms in total. The fourth-order valence-electron chi connectivity index (χ4n) is 1.96. The first-order chi connectivity index (χ1) is 11.0. The minimum Gasteiger partial charge on any atom is -0.451 e. The Balaban J connectivity index is 3.30.